The van der Waals surface area contributed by atoms with E-state index in [2.05, 4.69) is 16.9 Å². The highest BCUT2D eigenvalue weighted by Crippen LogP contribution is 2.35. The molecule has 0 spiro atoms. The van der Waals surface area contributed by atoms with E-state index in [0.717, 1.165) is 41.0 Å². The number of aromatic nitrogens is 2. The molecule has 0 unspecified atom stereocenters. The highest BCUT2D eigenvalue weighted by molar-refractivity contribution is 5.81. The number of nitrogens with one attached hydrogen (secondary N) is 2. The number of hydrogen-bond donors (Lipinski definition) is 2. The lowest BCUT2D eigenvalue weighted by atomic mass is 9.83. The molecule has 0 radical (unpaired) electrons. The van der Waals surface area contributed by atoms with Crippen LogP contribution >= 0.6 is 0 Å². The fraction of sp³-hybridized carbons (Fsp3) is 0.545. The van der Waals surface area contributed by atoms with Gasteiger partial charge in [0.2, 0.25) is 0 Å². The van der Waals surface area contributed by atoms with Crippen molar-refractivity contribution in [3.8, 4) is 5.75 Å². The average Bonchev–Trinajstić information content (AvgIpc) is 3.06. The van der Waals surface area contributed by atoms with E-state index in [-0.39, 0.29) is 6.04 Å². The summed E-state index contributed by atoms with van der Waals surface area (Å²) >= 11 is 0. The maximum atomic E-state index is 12.5. The van der Waals surface area contributed by atoms with Crippen LogP contribution in [0.4, 0.5) is 4.79 Å². The van der Waals surface area contributed by atoms with Crippen LogP contribution in [0.3, 0.4) is 0 Å². The third-order valence-corrected chi connectivity index (χ3v) is 5.16. The molecule has 1 atom stereocenters. The van der Waals surface area contributed by atoms with Crippen molar-refractivity contribution < 1.29 is 14.3 Å². The van der Waals surface area contributed by atoms with Crippen molar-refractivity contribution in [1.82, 2.24) is 15.3 Å². The molecular weight excluding hydrogens is 354 g/mol. The molecule has 2 N–H and O–H groups in total. The lowest BCUT2D eigenvalue weighted by Crippen LogP contribution is -2.38. The van der Waals surface area contributed by atoms with E-state index in [0.29, 0.717) is 5.92 Å². The summed E-state index contributed by atoms with van der Waals surface area (Å²) in [5, 5.41) is 3.07. The molecule has 1 amide bonds. The number of H-pyrrole nitrogens is 1. The Hall–Kier alpha value is -2.50. The fourth-order valence-electron chi connectivity index (χ4n) is 3.87. The molecular formula is C22H31N3O3. The number of imidazole rings is 1. The van der Waals surface area contributed by atoms with Gasteiger partial charge in [-0.15, -0.1) is 0 Å². The second-order valence-electron chi connectivity index (χ2n) is 8.46. The summed E-state index contributed by atoms with van der Waals surface area (Å²) in [5.41, 5.74) is 2.06. The number of carbonyl (C=O) groups is 1. The van der Waals surface area contributed by atoms with Gasteiger partial charge in [0.05, 0.1) is 24.2 Å². The first-order chi connectivity index (χ1) is 13.3. The highest BCUT2D eigenvalue weighted by atomic mass is 16.6. The Bertz CT molecular complexity index is 845. The Morgan fingerprint density at radius 2 is 2.04 bits per heavy atom. The van der Waals surface area contributed by atoms with Crippen molar-refractivity contribution >= 4 is 23.2 Å². The van der Waals surface area contributed by atoms with Gasteiger partial charge in [-0.2, -0.15) is 0 Å². The maximum Gasteiger partial charge on any atom is 0.408 e. The molecule has 0 aliphatic heterocycles. The van der Waals surface area contributed by atoms with Crippen molar-refractivity contribution in [3.05, 3.63) is 30.1 Å². The van der Waals surface area contributed by atoms with E-state index < -0.39 is 11.7 Å². The number of amides is 1. The number of rotatable bonds is 5. The Labute approximate surface area is 166 Å². The summed E-state index contributed by atoms with van der Waals surface area (Å²) in [5.74, 6) is 1.84. The predicted octanol–water partition coefficient (Wildman–Crippen LogP) is 5.36. The zero-order chi connectivity index (χ0) is 20.3. The Balaban J connectivity index is 1.94. The average molecular weight is 386 g/mol. The smallest absolute Gasteiger partial charge is 0.408 e. The molecule has 1 aromatic heterocycles. The molecule has 1 aliphatic rings. The second-order valence-corrected chi connectivity index (χ2v) is 8.46. The fourth-order valence-corrected chi connectivity index (χ4v) is 3.87. The minimum atomic E-state index is -0.540. The number of alkyl carbamates (subject to hydrolysis) is 1. The largest absolute Gasteiger partial charge is 0.496 e. The number of hydrogen-bond acceptors (Lipinski definition) is 4. The van der Waals surface area contributed by atoms with Gasteiger partial charge in [-0.1, -0.05) is 31.9 Å². The predicted molar refractivity (Wildman–Crippen MR) is 111 cm³/mol. The lowest BCUT2D eigenvalue weighted by molar-refractivity contribution is 0.0472. The minimum Gasteiger partial charge on any atom is -0.496 e. The molecule has 1 fully saturated rings. The number of benzene rings is 1. The number of nitrogens with zero attached hydrogens (tertiary/aromatic N) is 1. The van der Waals surface area contributed by atoms with Gasteiger partial charge in [-0.05, 0) is 45.6 Å². The van der Waals surface area contributed by atoms with Crippen molar-refractivity contribution in [3.63, 3.8) is 0 Å². The Morgan fingerprint density at radius 3 is 2.64 bits per heavy atom. The third-order valence-electron chi connectivity index (χ3n) is 5.16. The number of ether oxygens (including phenoxy) is 2. The number of carbonyl (C=O) groups excluding carboxylic acids is 1. The monoisotopic (exact) mass is 385 g/mol. The van der Waals surface area contributed by atoms with Gasteiger partial charge in [0, 0.05) is 11.6 Å². The van der Waals surface area contributed by atoms with E-state index in [9.17, 15) is 4.79 Å². The van der Waals surface area contributed by atoms with Gasteiger partial charge in [-0.3, -0.25) is 0 Å². The van der Waals surface area contributed by atoms with Crippen LogP contribution in [0.1, 0.15) is 70.3 Å². The number of fused-ring (bicyclic) bond motifs is 1. The first kappa shape index (κ1) is 20.2. The molecule has 6 heteroatoms. The van der Waals surface area contributed by atoms with Crippen LogP contribution in [0.5, 0.6) is 5.75 Å². The van der Waals surface area contributed by atoms with Gasteiger partial charge < -0.3 is 19.8 Å². The van der Waals surface area contributed by atoms with Gasteiger partial charge in [0.25, 0.3) is 0 Å². The van der Waals surface area contributed by atoms with Crippen LogP contribution in [0, 0.1) is 5.92 Å². The van der Waals surface area contributed by atoms with Gasteiger partial charge in [0.1, 0.15) is 17.2 Å². The van der Waals surface area contributed by atoms with Gasteiger partial charge in [-0.25, -0.2) is 9.78 Å². The van der Waals surface area contributed by atoms with Crippen LogP contribution in [0.15, 0.2) is 18.7 Å². The lowest BCUT2D eigenvalue weighted by Gasteiger charge is -2.30. The highest BCUT2D eigenvalue weighted by Gasteiger charge is 2.30. The summed E-state index contributed by atoms with van der Waals surface area (Å²) < 4.78 is 10.9. The summed E-state index contributed by atoms with van der Waals surface area (Å²) in [6.07, 6.45) is 7.07. The molecule has 6 nitrogen and oxygen atoms in total. The molecule has 2 aromatic rings. The SMILES string of the molecule is C=Cc1cc2nc([C@H](NC(=O)OC(C)(C)C)C3CCCCC3)[nH]c2cc1OC. The maximum absolute atomic E-state index is 12.5. The van der Waals surface area contributed by atoms with E-state index >= 15 is 0 Å². The van der Waals surface area contributed by atoms with Crippen molar-refractivity contribution in [2.24, 2.45) is 5.92 Å². The van der Waals surface area contributed by atoms with Crippen molar-refractivity contribution in [2.45, 2.75) is 64.5 Å². The van der Waals surface area contributed by atoms with Crippen LogP contribution in [-0.2, 0) is 4.74 Å². The zero-order valence-electron chi connectivity index (χ0n) is 17.3. The molecule has 1 heterocycles. The molecule has 0 saturated heterocycles. The normalized spacial score (nSPS) is 16.6. The van der Waals surface area contributed by atoms with E-state index in [1.807, 2.05) is 32.9 Å². The van der Waals surface area contributed by atoms with Crippen LogP contribution in [0.25, 0.3) is 17.1 Å². The topological polar surface area (TPSA) is 76.2 Å². The number of aromatic amines is 1. The van der Waals surface area contributed by atoms with Crippen LogP contribution < -0.4 is 10.1 Å². The zero-order valence-corrected chi connectivity index (χ0v) is 17.3. The molecule has 1 aromatic carbocycles. The molecule has 3 rings (SSSR count). The summed E-state index contributed by atoms with van der Waals surface area (Å²) in [7, 11) is 1.64. The van der Waals surface area contributed by atoms with Crippen molar-refractivity contribution in [2.75, 3.05) is 7.11 Å². The van der Waals surface area contributed by atoms with Crippen LogP contribution in [-0.4, -0.2) is 28.8 Å². The quantitative estimate of drug-likeness (QED) is 0.726. The molecule has 0 bridgehead atoms. The van der Waals surface area contributed by atoms with Crippen LogP contribution in [0.2, 0.25) is 0 Å². The molecule has 28 heavy (non-hydrogen) atoms. The standard InChI is InChI=1S/C22H31N3O3/c1-6-14-12-16-17(13-18(14)27-5)24-20(23-16)19(15-10-8-7-9-11-15)25-21(26)28-22(2,3)4/h6,12-13,15,19H,1,7-11H2,2-5H3,(H,23,24)(H,25,26)/t19-/m1/s1. The second kappa shape index (κ2) is 8.25. The summed E-state index contributed by atoms with van der Waals surface area (Å²) in [4.78, 5) is 20.7. The van der Waals surface area contributed by atoms with Crippen molar-refractivity contribution in [1.29, 1.82) is 0 Å². The summed E-state index contributed by atoms with van der Waals surface area (Å²) in [6.45, 7) is 9.45. The van der Waals surface area contributed by atoms with Gasteiger partial charge >= 0.3 is 6.09 Å². The molecule has 1 saturated carbocycles. The third kappa shape index (κ3) is 4.66. The number of methoxy groups -OCH3 is 1. The van der Waals surface area contributed by atoms with E-state index in [1.54, 1.807) is 13.2 Å². The first-order valence-electron chi connectivity index (χ1n) is 10.0. The van der Waals surface area contributed by atoms with E-state index in [4.69, 9.17) is 14.5 Å². The Kier molecular flexibility index (Phi) is 5.96. The van der Waals surface area contributed by atoms with Gasteiger partial charge in [0.15, 0.2) is 0 Å². The first-order valence-corrected chi connectivity index (χ1v) is 10.0. The molecule has 152 valence electrons. The molecule has 1 aliphatic carbocycles. The van der Waals surface area contributed by atoms with E-state index in [1.165, 1.54) is 19.3 Å². The minimum absolute atomic E-state index is 0.208. The Morgan fingerprint density at radius 1 is 1.32 bits per heavy atom. The summed E-state index contributed by atoms with van der Waals surface area (Å²) in [6, 6.07) is 3.67.